The van der Waals surface area contributed by atoms with Crippen LogP contribution in [0.1, 0.15) is 5.56 Å². The zero-order valence-electron chi connectivity index (χ0n) is 13.6. The molecular weight excluding hydrogens is 292 g/mol. The first-order valence-corrected chi connectivity index (χ1v) is 8.13. The first-order valence-electron chi connectivity index (χ1n) is 8.13. The highest BCUT2D eigenvalue weighted by molar-refractivity contribution is 5.83. The van der Waals surface area contributed by atoms with Crippen LogP contribution < -0.4 is 0 Å². The second kappa shape index (κ2) is 6.21. The number of hydrogen-bond acceptors (Lipinski definition) is 1. The van der Waals surface area contributed by atoms with Crippen molar-refractivity contribution >= 4 is 0 Å². The van der Waals surface area contributed by atoms with Gasteiger partial charge in [-0.2, -0.15) is 0 Å². The number of furan rings is 1. The molecule has 116 valence electrons. The van der Waals surface area contributed by atoms with E-state index in [2.05, 4.69) is 61.5 Å². The Morgan fingerprint density at radius 3 is 1.79 bits per heavy atom. The van der Waals surface area contributed by atoms with E-state index in [4.69, 9.17) is 4.42 Å². The fourth-order valence-electron chi connectivity index (χ4n) is 2.89. The van der Waals surface area contributed by atoms with Crippen molar-refractivity contribution in [2.75, 3.05) is 0 Å². The van der Waals surface area contributed by atoms with E-state index in [0.29, 0.717) is 0 Å². The van der Waals surface area contributed by atoms with Gasteiger partial charge in [0, 0.05) is 16.7 Å². The van der Waals surface area contributed by atoms with E-state index in [1.54, 1.807) is 0 Å². The van der Waals surface area contributed by atoms with Gasteiger partial charge in [-0.05, 0) is 18.6 Å². The van der Waals surface area contributed by atoms with E-state index in [9.17, 15) is 0 Å². The van der Waals surface area contributed by atoms with Crippen molar-refractivity contribution in [3.05, 3.63) is 96.6 Å². The summed E-state index contributed by atoms with van der Waals surface area (Å²) >= 11 is 0. The predicted octanol–water partition coefficient (Wildman–Crippen LogP) is 6.59. The first kappa shape index (κ1) is 14.5. The molecule has 1 heteroatoms. The monoisotopic (exact) mass is 310 g/mol. The first-order chi connectivity index (χ1) is 11.8. The number of rotatable bonds is 3. The van der Waals surface area contributed by atoms with Gasteiger partial charge in [0.2, 0.25) is 0 Å². The van der Waals surface area contributed by atoms with Gasteiger partial charge in [-0.15, -0.1) is 0 Å². The Labute approximate surface area is 142 Å². The second-order valence-corrected chi connectivity index (χ2v) is 5.95. The van der Waals surface area contributed by atoms with Gasteiger partial charge < -0.3 is 4.42 Å². The molecule has 0 amide bonds. The van der Waals surface area contributed by atoms with Crippen LogP contribution in [0.5, 0.6) is 0 Å². The summed E-state index contributed by atoms with van der Waals surface area (Å²) < 4.78 is 6.27. The highest BCUT2D eigenvalue weighted by Crippen LogP contribution is 2.38. The molecule has 0 aliphatic carbocycles. The fourth-order valence-corrected chi connectivity index (χ4v) is 2.89. The van der Waals surface area contributed by atoms with Crippen LogP contribution in [-0.2, 0) is 0 Å². The molecule has 1 heterocycles. The largest absolute Gasteiger partial charge is 0.455 e. The van der Waals surface area contributed by atoms with Crippen molar-refractivity contribution in [2.45, 2.75) is 6.92 Å². The predicted molar refractivity (Wildman–Crippen MR) is 99.8 cm³/mol. The Kier molecular flexibility index (Phi) is 3.76. The molecule has 0 spiro atoms. The lowest BCUT2D eigenvalue weighted by molar-refractivity contribution is 0.598. The lowest BCUT2D eigenvalue weighted by Crippen LogP contribution is -1.80. The van der Waals surface area contributed by atoms with E-state index in [-0.39, 0.29) is 0 Å². The Morgan fingerprint density at radius 2 is 1.17 bits per heavy atom. The van der Waals surface area contributed by atoms with Crippen LogP contribution in [0, 0.1) is 6.92 Å². The van der Waals surface area contributed by atoms with E-state index < -0.39 is 0 Å². The van der Waals surface area contributed by atoms with E-state index >= 15 is 0 Å². The average Bonchev–Trinajstić information content (AvgIpc) is 3.09. The molecule has 0 aliphatic rings. The molecule has 24 heavy (non-hydrogen) atoms. The van der Waals surface area contributed by atoms with Gasteiger partial charge >= 0.3 is 0 Å². The Balaban J connectivity index is 1.90. The van der Waals surface area contributed by atoms with Crippen LogP contribution in [0.15, 0.2) is 95.4 Å². The molecule has 0 fully saturated rings. The lowest BCUT2D eigenvalue weighted by Gasteiger charge is -2.03. The van der Waals surface area contributed by atoms with Crippen LogP contribution in [0.25, 0.3) is 33.8 Å². The van der Waals surface area contributed by atoms with Gasteiger partial charge in [-0.25, -0.2) is 0 Å². The summed E-state index contributed by atoms with van der Waals surface area (Å²) in [6.07, 6.45) is 0. The maximum atomic E-state index is 6.27. The molecule has 0 saturated carbocycles. The topological polar surface area (TPSA) is 13.1 Å². The molecule has 0 bridgehead atoms. The molecule has 0 unspecified atom stereocenters. The van der Waals surface area contributed by atoms with Crippen molar-refractivity contribution in [3.63, 3.8) is 0 Å². The van der Waals surface area contributed by atoms with Gasteiger partial charge in [-0.3, -0.25) is 0 Å². The Bertz CT molecular complexity index is 933. The van der Waals surface area contributed by atoms with E-state index in [0.717, 1.165) is 28.2 Å². The maximum absolute atomic E-state index is 6.27. The molecule has 3 aromatic carbocycles. The third-order valence-corrected chi connectivity index (χ3v) is 4.19. The van der Waals surface area contributed by atoms with Crippen LogP contribution in [0.4, 0.5) is 0 Å². The summed E-state index contributed by atoms with van der Waals surface area (Å²) in [5.41, 5.74) is 5.74. The number of benzene rings is 3. The van der Waals surface area contributed by atoms with Crippen LogP contribution in [-0.4, -0.2) is 0 Å². The van der Waals surface area contributed by atoms with Gasteiger partial charge in [0.15, 0.2) is 0 Å². The number of aryl methyl sites for hydroxylation is 1. The molecule has 0 aliphatic heterocycles. The average molecular weight is 310 g/mol. The van der Waals surface area contributed by atoms with Crippen molar-refractivity contribution < 1.29 is 4.42 Å². The minimum atomic E-state index is 0.894. The maximum Gasteiger partial charge on any atom is 0.142 e. The molecular formula is C23H18O. The van der Waals surface area contributed by atoms with Crippen molar-refractivity contribution in [1.29, 1.82) is 0 Å². The van der Waals surface area contributed by atoms with E-state index in [1.165, 1.54) is 11.1 Å². The smallest absolute Gasteiger partial charge is 0.142 e. The van der Waals surface area contributed by atoms with Gasteiger partial charge in [0.1, 0.15) is 11.5 Å². The van der Waals surface area contributed by atoms with Crippen LogP contribution in [0.2, 0.25) is 0 Å². The SMILES string of the molecule is Cc1ccc(-c2cc(-c3ccccc3)oc2-c2ccccc2)cc1. The summed E-state index contributed by atoms with van der Waals surface area (Å²) in [5, 5.41) is 0. The van der Waals surface area contributed by atoms with E-state index in [1.807, 2.05) is 36.4 Å². The van der Waals surface area contributed by atoms with Crippen LogP contribution >= 0.6 is 0 Å². The lowest BCUT2D eigenvalue weighted by atomic mass is 10.0. The minimum absolute atomic E-state index is 0.894. The summed E-state index contributed by atoms with van der Waals surface area (Å²) in [6, 6.07) is 31.2. The molecule has 0 radical (unpaired) electrons. The molecule has 1 nitrogen and oxygen atoms in total. The molecule has 4 aromatic rings. The number of hydrogen-bond donors (Lipinski definition) is 0. The molecule has 4 rings (SSSR count). The van der Waals surface area contributed by atoms with Gasteiger partial charge in [-0.1, -0.05) is 90.5 Å². The summed E-state index contributed by atoms with van der Waals surface area (Å²) in [7, 11) is 0. The van der Waals surface area contributed by atoms with Gasteiger partial charge in [0.25, 0.3) is 0 Å². The third-order valence-electron chi connectivity index (χ3n) is 4.19. The zero-order chi connectivity index (χ0) is 16.4. The normalized spacial score (nSPS) is 10.7. The molecule has 0 N–H and O–H groups in total. The summed E-state index contributed by atoms with van der Waals surface area (Å²) in [4.78, 5) is 0. The highest BCUT2D eigenvalue weighted by Gasteiger charge is 2.15. The highest BCUT2D eigenvalue weighted by atomic mass is 16.3. The van der Waals surface area contributed by atoms with Gasteiger partial charge in [0.05, 0.1) is 0 Å². The second-order valence-electron chi connectivity index (χ2n) is 5.95. The van der Waals surface area contributed by atoms with Crippen LogP contribution in [0.3, 0.4) is 0 Å². The molecule has 0 atom stereocenters. The zero-order valence-corrected chi connectivity index (χ0v) is 13.6. The minimum Gasteiger partial charge on any atom is -0.455 e. The Hall–Kier alpha value is -3.06. The summed E-state index contributed by atoms with van der Waals surface area (Å²) in [5.74, 6) is 1.81. The van der Waals surface area contributed by atoms with Crippen molar-refractivity contribution in [3.8, 4) is 33.8 Å². The van der Waals surface area contributed by atoms with Crippen molar-refractivity contribution in [1.82, 2.24) is 0 Å². The standard InChI is InChI=1S/C23H18O/c1-17-12-14-18(15-13-17)21-16-22(19-8-4-2-5-9-19)24-23(21)20-10-6-3-7-11-20/h2-16H,1H3. The Morgan fingerprint density at radius 1 is 0.583 bits per heavy atom. The van der Waals surface area contributed by atoms with Crippen molar-refractivity contribution in [2.24, 2.45) is 0 Å². The molecule has 1 aromatic heterocycles. The third kappa shape index (κ3) is 2.77. The fraction of sp³-hybridized carbons (Fsp3) is 0.0435. The molecule has 0 saturated heterocycles. The quantitative estimate of drug-likeness (QED) is 0.416. The summed E-state index contributed by atoms with van der Waals surface area (Å²) in [6.45, 7) is 2.10.